The number of halogens is 1. The molecule has 2 aliphatic heterocycles. The average molecular weight is 250 g/mol. The summed E-state index contributed by atoms with van der Waals surface area (Å²) in [6, 6.07) is 4.95. The van der Waals surface area contributed by atoms with E-state index >= 15 is 0 Å². The van der Waals surface area contributed by atoms with E-state index in [-0.39, 0.29) is 5.82 Å². The lowest BCUT2D eigenvalue weighted by Gasteiger charge is -2.38. The average Bonchev–Trinajstić information content (AvgIpc) is 2.38. The van der Waals surface area contributed by atoms with Crippen LogP contribution in [0.4, 0.5) is 10.1 Å². The van der Waals surface area contributed by atoms with Gasteiger partial charge in [0.05, 0.1) is 11.7 Å². The standard InChI is InChI=1S/C14H19FN2O/c1-17-6-2-3-10(8-17)13-9-18-14-5-4-11(15)7-12(14)16-13/h4-5,7,10,13,16H,2-3,6,8-9H2,1H3. The number of nitrogens with one attached hydrogen (secondary N) is 1. The molecule has 3 rings (SSSR count). The second kappa shape index (κ2) is 4.76. The van der Waals surface area contributed by atoms with Crippen molar-refractivity contribution in [2.24, 2.45) is 5.92 Å². The van der Waals surface area contributed by atoms with E-state index in [2.05, 4.69) is 17.3 Å². The molecule has 1 N–H and O–H groups in total. The van der Waals surface area contributed by atoms with Gasteiger partial charge in [0.25, 0.3) is 0 Å². The van der Waals surface area contributed by atoms with Gasteiger partial charge in [-0.05, 0) is 44.5 Å². The maximum atomic E-state index is 13.2. The summed E-state index contributed by atoms with van der Waals surface area (Å²) >= 11 is 0. The SMILES string of the molecule is CN1CCCC(C2COc3ccc(F)cc3N2)C1. The van der Waals surface area contributed by atoms with Crippen molar-refractivity contribution in [3.63, 3.8) is 0 Å². The highest BCUT2D eigenvalue weighted by Gasteiger charge is 2.29. The van der Waals surface area contributed by atoms with Gasteiger partial charge in [0.2, 0.25) is 0 Å². The van der Waals surface area contributed by atoms with Gasteiger partial charge in [0.1, 0.15) is 18.2 Å². The molecule has 0 spiro atoms. The van der Waals surface area contributed by atoms with Gasteiger partial charge in [0.15, 0.2) is 0 Å². The first-order valence-electron chi connectivity index (χ1n) is 6.60. The fraction of sp³-hybridized carbons (Fsp3) is 0.571. The Hall–Kier alpha value is -1.29. The number of nitrogens with zero attached hydrogens (tertiary/aromatic N) is 1. The van der Waals surface area contributed by atoms with E-state index in [1.54, 1.807) is 6.07 Å². The Bertz CT molecular complexity index is 438. The largest absolute Gasteiger partial charge is 0.489 e. The van der Waals surface area contributed by atoms with E-state index in [1.807, 2.05) is 0 Å². The third kappa shape index (κ3) is 2.29. The number of rotatable bonds is 1. The molecule has 1 aromatic carbocycles. The zero-order chi connectivity index (χ0) is 12.5. The Balaban J connectivity index is 1.73. The Morgan fingerprint density at radius 1 is 1.44 bits per heavy atom. The number of ether oxygens (including phenoxy) is 1. The van der Waals surface area contributed by atoms with Crippen molar-refractivity contribution in [1.82, 2.24) is 4.90 Å². The van der Waals surface area contributed by atoms with Crippen molar-refractivity contribution in [3.05, 3.63) is 24.0 Å². The van der Waals surface area contributed by atoms with Crippen molar-refractivity contribution in [1.29, 1.82) is 0 Å². The van der Waals surface area contributed by atoms with Crippen LogP contribution in [0.2, 0.25) is 0 Å². The molecule has 98 valence electrons. The topological polar surface area (TPSA) is 24.5 Å². The summed E-state index contributed by atoms with van der Waals surface area (Å²) in [6.07, 6.45) is 2.45. The number of benzene rings is 1. The smallest absolute Gasteiger partial charge is 0.142 e. The molecular weight excluding hydrogens is 231 g/mol. The van der Waals surface area contributed by atoms with Gasteiger partial charge >= 0.3 is 0 Å². The molecule has 0 saturated carbocycles. The van der Waals surface area contributed by atoms with Gasteiger partial charge in [-0.3, -0.25) is 0 Å². The van der Waals surface area contributed by atoms with Crippen LogP contribution in [0.15, 0.2) is 18.2 Å². The lowest BCUT2D eigenvalue weighted by molar-refractivity contribution is 0.159. The fourth-order valence-electron chi connectivity index (χ4n) is 2.95. The summed E-state index contributed by atoms with van der Waals surface area (Å²) < 4.78 is 19.0. The van der Waals surface area contributed by atoms with Crippen molar-refractivity contribution in [2.75, 3.05) is 32.1 Å². The molecule has 4 heteroatoms. The summed E-state index contributed by atoms with van der Waals surface area (Å²) in [7, 11) is 2.16. The van der Waals surface area contributed by atoms with Gasteiger partial charge in [-0.2, -0.15) is 0 Å². The monoisotopic (exact) mass is 250 g/mol. The molecule has 3 nitrogen and oxygen atoms in total. The van der Waals surface area contributed by atoms with Crippen molar-refractivity contribution >= 4 is 5.69 Å². The molecule has 2 aliphatic rings. The highest BCUT2D eigenvalue weighted by atomic mass is 19.1. The minimum Gasteiger partial charge on any atom is -0.489 e. The van der Waals surface area contributed by atoms with E-state index in [4.69, 9.17) is 4.74 Å². The molecule has 0 aliphatic carbocycles. The third-order valence-corrected chi connectivity index (χ3v) is 3.93. The number of fused-ring (bicyclic) bond motifs is 1. The highest BCUT2D eigenvalue weighted by molar-refractivity contribution is 5.58. The Morgan fingerprint density at radius 3 is 3.17 bits per heavy atom. The van der Waals surface area contributed by atoms with Crippen molar-refractivity contribution < 1.29 is 9.13 Å². The van der Waals surface area contributed by atoms with E-state index in [1.165, 1.54) is 31.5 Å². The molecule has 1 aromatic rings. The summed E-state index contributed by atoms with van der Waals surface area (Å²) in [6.45, 7) is 2.94. The number of hydrogen-bond donors (Lipinski definition) is 1. The Kier molecular flexibility index (Phi) is 3.12. The van der Waals surface area contributed by atoms with Crippen molar-refractivity contribution in [2.45, 2.75) is 18.9 Å². The van der Waals surface area contributed by atoms with Crippen LogP contribution in [0.25, 0.3) is 0 Å². The Labute approximate surface area is 107 Å². The highest BCUT2D eigenvalue weighted by Crippen LogP contribution is 2.32. The molecule has 0 amide bonds. The second-order valence-electron chi connectivity index (χ2n) is 5.37. The zero-order valence-corrected chi connectivity index (χ0v) is 10.7. The van der Waals surface area contributed by atoms with Crippen LogP contribution >= 0.6 is 0 Å². The predicted octanol–water partition coefficient (Wildman–Crippen LogP) is 2.34. The number of anilines is 1. The van der Waals surface area contributed by atoms with Crippen LogP contribution in [0.5, 0.6) is 5.75 Å². The molecular formula is C14H19FN2O. The van der Waals surface area contributed by atoms with Gasteiger partial charge in [-0.1, -0.05) is 0 Å². The molecule has 2 unspecified atom stereocenters. The van der Waals surface area contributed by atoms with Gasteiger partial charge < -0.3 is 15.0 Å². The Morgan fingerprint density at radius 2 is 2.33 bits per heavy atom. The molecule has 18 heavy (non-hydrogen) atoms. The first kappa shape index (κ1) is 11.8. The quantitative estimate of drug-likeness (QED) is 0.828. The van der Waals surface area contributed by atoms with Crippen LogP contribution in [0.3, 0.4) is 0 Å². The summed E-state index contributed by atoms with van der Waals surface area (Å²) in [4.78, 5) is 2.36. The van der Waals surface area contributed by atoms with Gasteiger partial charge in [-0.25, -0.2) is 4.39 Å². The minimum absolute atomic E-state index is 0.216. The summed E-state index contributed by atoms with van der Waals surface area (Å²) in [5.41, 5.74) is 0.791. The van der Waals surface area contributed by atoms with Gasteiger partial charge in [0, 0.05) is 12.6 Å². The number of piperidine rings is 1. The van der Waals surface area contributed by atoms with Crippen LogP contribution < -0.4 is 10.1 Å². The zero-order valence-electron chi connectivity index (χ0n) is 10.7. The van der Waals surface area contributed by atoms with E-state index in [0.29, 0.717) is 18.6 Å². The maximum absolute atomic E-state index is 13.2. The van der Waals surface area contributed by atoms with Crippen LogP contribution in [-0.2, 0) is 0 Å². The molecule has 0 aromatic heterocycles. The van der Waals surface area contributed by atoms with Crippen LogP contribution in [0, 0.1) is 11.7 Å². The summed E-state index contributed by atoms with van der Waals surface area (Å²) in [5.74, 6) is 1.13. The first-order valence-corrected chi connectivity index (χ1v) is 6.60. The summed E-state index contributed by atoms with van der Waals surface area (Å²) in [5, 5.41) is 3.44. The van der Waals surface area contributed by atoms with E-state index in [9.17, 15) is 4.39 Å². The minimum atomic E-state index is -0.216. The number of hydrogen-bond acceptors (Lipinski definition) is 3. The molecule has 0 radical (unpaired) electrons. The van der Waals surface area contributed by atoms with E-state index < -0.39 is 0 Å². The lowest BCUT2D eigenvalue weighted by Crippen LogP contribution is -2.45. The molecule has 0 bridgehead atoms. The molecule has 2 heterocycles. The molecule has 1 fully saturated rings. The second-order valence-corrected chi connectivity index (χ2v) is 5.37. The maximum Gasteiger partial charge on any atom is 0.142 e. The first-order chi connectivity index (χ1) is 8.72. The normalized spacial score (nSPS) is 28.1. The predicted molar refractivity (Wildman–Crippen MR) is 69.5 cm³/mol. The fourth-order valence-corrected chi connectivity index (χ4v) is 2.95. The molecule has 1 saturated heterocycles. The lowest BCUT2D eigenvalue weighted by atomic mass is 9.90. The van der Waals surface area contributed by atoms with Crippen LogP contribution in [0.1, 0.15) is 12.8 Å². The van der Waals surface area contributed by atoms with Crippen LogP contribution in [-0.4, -0.2) is 37.7 Å². The van der Waals surface area contributed by atoms with Crippen molar-refractivity contribution in [3.8, 4) is 5.75 Å². The molecule has 2 atom stereocenters. The number of likely N-dealkylation sites (tertiary alicyclic amines) is 1. The third-order valence-electron chi connectivity index (χ3n) is 3.93. The van der Waals surface area contributed by atoms with Gasteiger partial charge in [-0.15, -0.1) is 0 Å². The van der Waals surface area contributed by atoms with E-state index in [0.717, 1.165) is 18.0 Å².